The summed E-state index contributed by atoms with van der Waals surface area (Å²) >= 11 is 0. The Labute approximate surface area is 506 Å². The molecule has 27 heteroatoms. The molecule has 0 unspecified atom stereocenters. The quantitative estimate of drug-likeness (QED) is 0.0508. The number of carboxylic acids is 2. The predicted molar refractivity (Wildman–Crippen MR) is 318 cm³/mol. The molecule has 3 aliphatic heterocycles. The number of hydrogen-bond acceptors (Lipinski definition) is 13. The summed E-state index contributed by atoms with van der Waals surface area (Å²) in [7, 11) is 0. The minimum atomic E-state index is -1.91. The fourth-order valence-electron chi connectivity index (χ4n) is 10.9. The lowest BCUT2D eigenvalue weighted by molar-refractivity contribution is -0.144. The lowest BCUT2D eigenvalue weighted by Gasteiger charge is -2.32. The molecule has 27 nitrogen and oxygen atoms in total. The molecule has 3 heterocycles. The molecule has 0 bridgehead atoms. The molecular formula is C60H87N13O14. The SMILES string of the molecule is CC(C)C[C@@H]1NC(=O)[C@H](CCCN=C(N)N)NC(=O)[C@H](C(C)C)NC(=O)[C@@H]2CCCN2C(=O)[C@@H](Cc2ccccc2)NC(=O)[C@H](CC(C)C)NC(=O)[C@H](CC(=O)O)NC(=O)[C@H](CCC(=O)O)NC(=O)[C@@H]2CCCN2C(=O)[C@@H](Cc2ccccc2)NC1=O. The van der Waals surface area contributed by atoms with Crippen LogP contribution < -0.4 is 54.0 Å². The molecule has 0 radical (unpaired) electrons. The number of rotatable bonds is 18. The van der Waals surface area contributed by atoms with Gasteiger partial charge >= 0.3 is 11.9 Å². The molecule has 0 aliphatic carbocycles. The predicted octanol–water partition coefficient (Wildman–Crippen LogP) is -0.513. The molecule has 3 saturated heterocycles. The second-order valence-corrected chi connectivity index (χ2v) is 23.7. The van der Waals surface area contributed by atoms with E-state index in [0.29, 0.717) is 17.5 Å². The van der Waals surface area contributed by atoms with E-state index in [1.807, 2.05) is 0 Å². The van der Waals surface area contributed by atoms with Gasteiger partial charge in [-0.2, -0.15) is 0 Å². The highest BCUT2D eigenvalue weighted by atomic mass is 16.4. The number of amides is 10. The second-order valence-electron chi connectivity index (χ2n) is 23.7. The van der Waals surface area contributed by atoms with Gasteiger partial charge in [-0.15, -0.1) is 0 Å². The lowest BCUT2D eigenvalue weighted by Crippen LogP contribution is -2.62. The van der Waals surface area contributed by atoms with Crippen molar-refractivity contribution in [2.24, 2.45) is 34.2 Å². The van der Waals surface area contributed by atoms with E-state index in [2.05, 4.69) is 47.5 Å². The van der Waals surface area contributed by atoms with E-state index in [4.69, 9.17) is 11.5 Å². The minimum absolute atomic E-state index is 0.00132. The Morgan fingerprint density at radius 2 is 0.897 bits per heavy atom. The number of carboxylic acid groups (broad SMARTS) is 2. The number of carbonyl (C=O) groups excluding carboxylic acids is 10. The van der Waals surface area contributed by atoms with Crippen molar-refractivity contribution in [3.8, 4) is 0 Å². The third-order valence-corrected chi connectivity index (χ3v) is 15.3. The first kappa shape index (κ1) is 69.1. The van der Waals surface area contributed by atoms with Gasteiger partial charge in [0.05, 0.1) is 6.42 Å². The molecule has 476 valence electrons. The number of fused-ring (bicyclic) bond motifs is 2. The van der Waals surface area contributed by atoms with E-state index < -0.39 is 157 Å². The van der Waals surface area contributed by atoms with Crippen molar-refractivity contribution in [3.05, 3.63) is 71.8 Å². The van der Waals surface area contributed by atoms with Crippen LogP contribution in [0.2, 0.25) is 0 Å². The normalized spacial score (nSPS) is 25.4. The van der Waals surface area contributed by atoms with Crippen LogP contribution in [0.4, 0.5) is 0 Å². The van der Waals surface area contributed by atoms with Crippen molar-refractivity contribution >= 4 is 77.0 Å². The van der Waals surface area contributed by atoms with Gasteiger partial charge in [0, 0.05) is 38.9 Å². The van der Waals surface area contributed by atoms with Crippen LogP contribution in [-0.4, -0.2) is 177 Å². The molecule has 2 aromatic carbocycles. The van der Waals surface area contributed by atoms with Crippen LogP contribution in [0.25, 0.3) is 0 Å². The highest BCUT2D eigenvalue weighted by molar-refractivity contribution is 6.00. The smallest absolute Gasteiger partial charge is 0.305 e. The van der Waals surface area contributed by atoms with E-state index in [0.717, 1.165) is 0 Å². The van der Waals surface area contributed by atoms with Crippen molar-refractivity contribution in [1.29, 1.82) is 0 Å². The summed E-state index contributed by atoms with van der Waals surface area (Å²) < 4.78 is 0. The number of guanidine groups is 1. The Balaban J connectivity index is 1.62. The maximum atomic E-state index is 14.9. The maximum Gasteiger partial charge on any atom is 0.305 e. The van der Waals surface area contributed by atoms with Gasteiger partial charge in [-0.25, -0.2) is 0 Å². The molecule has 10 atom stereocenters. The minimum Gasteiger partial charge on any atom is -0.481 e. The van der Waals surface area contributed by atoms with Crippen LogP contribution in [0.1, 0.15) is 123 Å². The monoisotopic (exact) mass is 1210 g/mol. The van der Waals surface area contributed by atoms with E-state index in [9.17, 15) is 67.7 Å². The van der Waals surface area contributed by atoms with Gasteiger partial charge < -0.3 is 74.0 Å². The van der Waals surface area contributed by atoms with Crippen molar-refractivity contribution in [2.75, 3.05) is 19.6 Å². The standard InChI is InChI=1S/C60H87N13O14/c1-33(2)28-40-52(80)69-43(30-36-16-9-7-10-17-36)58(86)72-26-14-21-45(72)55(83)64-39(23-24-47(74)75)51(79)68-42(32-48(76)77)54(82)67-41(29-34(3)4)53(81)70-44(31-37-18-11-8-12-19-37)59(87)73-27-15-22-46(73)56(84)71-49(35(5)6)57(85)65-38(50(78)66-40)20-13-25-63-60(61)62/h7-12,16-19,33-35,38-46,49H,13-15,20-32H2,1-6H3,(H,64,83)(H,65,85)(H,66,78)(H,67,82)(H,68,79)(H,69,80)(H,70,81)(H,71,84)(H,74,75)(H,76,77)(H4,61,62,63)/t38-,39-,40-,41-,42-,43+,44+,45-,46-,49-/m0/s1. The summed E-state index contributed by atoms with van der Waals surface area (Å²) in [5.41, 5.74) is 12.4. The fraction of sp³-hybridized carbons (Fsp3) is 0.583. The summed E-state index contributed by atoms with van der Waals surface area (Å²) in [6.07, 6.45) is -1.55. The number of hydrogen-bond donors (Lipinski definition) is 12. The summed E-state index contributed by atoms with van der Waals surface area (Å²) in [6, 6.07) is 3.07. The Morgan fingerprint density at radius 3 is 1.32 bits per heavy atom. The first-order valence-corrected chi connectivity index (χ1v) is 29.8. The summed E-state index contributed by atoms with van der Waals surface area (Å²) in [4.78, 5) is 177. The topological polar surface area (TPSA) is 412 Å². The maximum absolute atomic E-state index is 14.9. The van der Waals surface area contributed by atoms with Crippen molar-refractivity contribution in [2.45, 2.75) is 185 Å². The number of nitrogens with one attached hydrogen (secondary N) is 8. The number of carbonyl (C=O) groups is 12. The molecule has 87 heavy (non-hydrogen) atoms. The van der Waals surface area contributed by atoms with Gasteiger partial charge in [0.25, 0.3) is 0 Å². The Morgan fingerprint density at radius 1 is 0.506 bits per heavy atom. The number of nitrogens with two attached hydrogens (primary N) is 2. The molecule has 2 aromatic rings. The molecule has 3 fully saturated rings. The Hall–Kier alpha value is -8.65. The fourth-order valence-corrected chi connectivity index (χ4v) is 10.9. The van der Waals surface area contributed by atoms with Crippen LogP contribution in [-0.2, 0) is 70.4 Å². The molecule has 0 saturated carbocycles. The van der Waals surface area contributed by atoms with Crippen molar-refractivity contribution in [3.63, 3.8) is 0 Å². The van der Waals surface area contributed by atoms with Crippen molar-refractivity contribution < 1.29 is 67.7 Å². The number of nitrogens with zero attached hydrogens (tertiary/aromatic N) is 3. The number of aliphatic carboxylic acids is 2. The molecule has 5 rings (SSSR count). The second kappa shape index (κ2) is 33.3. The van der Waals surface area contributed by atoms with Crippen LogP contribution in [0.3, 0.4) is 0 Å². The highest BCUT2D eigenvalue weighted by Gasteiger charge is 2.43. The average Bonchev–Trinajstić information content (AvgIpc) is 4.41. The molecular weight excluding hydrogens is 1130 g/mol. The third kappa shape index (κ3) is 21.4. The summed E-state index contributed by atoms with van der Waals surface area (Å²) in [5.74, 6) is -12.8. The van der Waals surface area contributed by atoms with Crippen LogP contribution in [0.5, 0.6) is 0 Å². The first-order valence-electron chi connectivity index (χ1n) is 29.8. The van der Waals surface area contributed by atoms with Gasteiger partial charge in [-0.1, -0.05) is 102 Å². The average molecular weight is 1210 g/mol. The zero-order valence-electron chi connectivity index (χ0n) is 50.4. The van der Waals surface area contributed by atoms with Crippen molar-refractivity contribution in [1.82, 2.24) is 52.3 Å². The van der Waals surface area contributed by atoms with Crippen LogP contribution >= 0.6 is 0 Å². The first-order chi connectivity index (χ1) is 41.2. The zero-order chi connectivity index (χ0) is 64.1. The van der Waals surface area contributed by atoms with E-state index in [1.165, 1.54) is 9.80 Å². The van der Waals surface area contributed by atoms with Gasteiger partial charge in [-0.05, 0) is 86.7 Å². The van der Waals surface area contributed by atoms with Gasteiger partial charge in [0.1, 0.15) is 60.4 Å². The molecule has 10 amide bonds. The van der Waals surface area contributed by atoms with E-state index in [-0.39, 0.29) is 95.2 Å². The van der Waals surface area contributed by atoms with Gasteiger partial charge in [0.2, 0.25) is 59.1 Å². The third-order valence-electron chi connectivity index (χ3n) is 15.3. The Kier molecular flexibility index (Phi) is 26.5. The van der Waals surface area contributed by atoms with E-state index >= 15 is 0 Å². The number of benzene rings is 2. The Bertz CT molecular complexity index is 2800. The lowest BCUT2D eigenvalue weighted by atomic mass is 9.99. The molecule has 14 N–H and O–H groups in total. The van der Waals surface area contributed by atoms with E-state index in [1.54, 1.807) is 102 Å². The molecule has 0 spiro atoms. The van der Waals surface area contributed by atoms with Gasteiger partial charge in [0.15, 0.2) is 5.96 Å². The highest BCUT2D eigenvalue weighted by Crippen LogP contribution is 2.24. The molecule has 3 aliphatic rings. The molecule has 0 aromatic heterocycles. The summed E-state index contributed by atoms with van der Waals surface area (Å²) in [5, 5.41) is 41.1. The number of aliphatic imine (C=N–C) groups is 1. The summed E-state index contributed by atoms with van der Waals surface area (Å²) in [6.45, 7) is 10.5. The van der Waals surface area contributed by atoms with Crippen LogP contribution in [0.15, 0.2) is 65.7 Å². The largest absolute Gasteiger partial charge is 0.481 e. The van der Waals surface area contributed by atoms with Gasteiger partial charge in [-0.3, -0.25) is 62.5 Å². The van der Waals surface area contributed by atoms with Crippen LogP contribution in [0, 0.1) is 17.8 Å². The zero-order valence-corrected chi connectivity index (χ0v) is 50.4.